The molecule has 0 atom stereocenters. The van der Waals surface area contributed by atoms with Gasteiger partial charge in [0.15, 0.2) is 5.78 Å². The molecule has 0 aromatic heterocycles. The number of Topliss-reactive ketones (excluding diaryl/α,β-unsaturated/α-hetero) is 1. The Balaban J connectivity index is 1.91. The Morgan fingerprint density at radius 2 is 1.67 bits per heavy atom. The van der Waals surface area contributed by atoms with E-state index in [0.29, 0.717) is 6.42 Å². The molecule has 0 amide bonds. The van der Waals surface area contributed by atoms with E-state index in [2.05, 4.69) is 5.32 Å². The van der Waals surface area contributed by atoms with Crippen LogP contribution in [0, 0.1) is 0 Å². The molecule has 0 saturated heterocycles. The van der Waals surface area contributed by atoms with Gasteiger partial charge in [0.2, 0.25) is 0 Å². The number of allylic oxidation sites excluding steroid dienone is 1. The maximum absolute atomic E-state index is 11.9. The molecule has 0 saturated carbocycles. The SMILES string of the molecule is O=C1Cc2ccccc2/C1=C/Nc1ccccc1. The van der Waals surface area contributed by atoms with Crippen molar-refractivity contribution >= 4 is 17.0 Å². The molecular formula is C16H13NO. The number of carbonyl (C=O) groups is 1. The lowest BCUT2D eigenvalue weighted by atomic mass is 10.1. The number of anilines is 1. The minimum Gasteiger partial charge on any atom is -0.361 e. The molecule has 0 spiro atoms. The fourth-order valence-corrected chi connectivity index (χ4v) is 2.20. The molecule has 1 N–H and O–H groups in total. The number of nitrogens with one attached hydrogen (secondary N) is 1. The lowest BCUT2D eigenvalue weighted by Crippen LogP contribution is -1.97. The van der Waals surface area contributed by atoms with Gasteiger partial charge in [-0.05, 0) is 23.3 Å². The van der Waals surface area contributed by atoms with E-state index in [0.717, 1.165) is 22.4 Å². The van der Waals surface area contributed by atoms with Gasteiger partial charge < -0.3 is 5.32 Å². The molecule has 0 unspecified atom stereocenters. The summed E-state index contributed by atoms with van der Waals surface area (Å²) in [6, 6.07) is 17.8. The van der Waals surface area contributed by atoms with Crippen LogP contribution < -0.4 is 5.32 Å². The quantitative estimate of drug-likeness (QED) is 0.809. The van der Waals surface area contributed by atoms with Crippen LogP contribution in [0.4, 0.5) is 5.69 Å². The zero-order chi connectivity index (χ0) is 12.4. The molecule has 88 valence electrons. The van der Waals surface area contributed by atoms with Gasteiger partial charge in [0.25, 0.3) is 0 Å². The highest BCUT2D eigenvalue weighted by atomic mass is 16.1. The van der Waals surface area contributed by atoms with Gasteiger partial charge in [0.1, 0.15) is 0 Å². The summed E-state index contributed by atoms with van der Waals surface area (Å²) < 4.78 is 0. The van der Waals surface area contributed by atoms with E-state index in [9.17, 15) is 4.79 Å². The first-order valence-electron chi connectivity index (χ1n) is 5.98. The summed E-state index contributed by atoms with van der Waals surface area (Å²) in [7, 11) is 0. The van der Waals surface area contributed by atoms with Gasteiger partial charge in [-0.3, -0.25) is 4.79 Å². The molecule has 0 aliphatic heterocycles. The fraction of sp³-hybridized carbons (Fsp3) is 0.0625. The molecule has 2 nitrogen and oxygen atoms in total. The van der Waals surface area contributed by atoms with Crippen molar-refractivity contribution in [3.63, 3.8) is 0 Å². The third kappa shape index (κ3) is 1.93. The minimum atomic E-state index is 0.180. The summed E-state index contributed by atoms with van der Waals surface area (Å²) in [5.74, 6) is 0.180. The van der Waals surface area contributed by atoms with Crippen LogP contribution in [-0.2, 0) is 11.2 Å². The van der Waals surface area contributed by atoms with E-state index < -0.39 is 0 Å². The molecule has 2 heteroatoms. The van der Waals surface area contributed by atoms with Crippen molar-refractivity contribution in [2.75, 3.05) is 5.32 Å². The number of ketones is 1. The van der Waals surface area contributed by atoms with Crippen molar-refractivity contribution < 1.29 is 4.79 Å². The van der Waals surface area contributed by atoms with Crippen molar-refractivity contribution in [2.24, 2.45) is 0 Å². The number of hydrogen-bond acceptors (Lipinski definition) is 2. The average molecular weight is 235 g/mol. The predicted molar refractivity (Wildman–Crippen MR) is 73.2 cm³/mol. The van der Waals surface area contributed by atoms with Crippen molar-refractivity contribution in [3.05, 3.63) is 71.9 Å². The smallest absolute Gasteiger partial charge is 0.169 e. The molecule has 0 radical (unpaired) electrons. The second-order valence-corrected chi connectivity index (χ2v) is 4.33. The Kier molecular flexibility index (Phi) is 2.69. The normalized spacial score (nSPS) is 15.8. The summed E-state index contributed by atoms with van der Waals surface area (Å²) in [5.41, 5.74) is 3.92. The minimum absolute atomic E-state index is 0.180. The third-order valence-corrected chi connectivity index (χ3v) is 3.12. The van der Waals surface area contributed by atoms with E-state index in [1.165, 1.54) is 0 Å². The van der Waals surface area contributed by atoms with Gasteiger partial charge in [-0.2, -0.15) is 0 Å². The average Bonchev–Trinajstić information content (AvgIpc) is 2.73. The van der Waals surface area contributed by atoms with Gasteiger partial charge in [-0.25, -0.2) is 0 Å². The van der Waals surface area contributed by atoms with Crippen molar-refractivity contribution in [1.82, 2.24) is 0 Å². The number of fused-ring (bicyclic) bond motifs is 1. The van der Waals surface area contributed by atoms with Gasteiger partial charge >= 0.3 is 0 Å². The molecule has 0 bridgehead atoms. The molecule has 1 aliphatic rings. The molecule has 0 fully saturated rings. The molecule has 2 aromatic rings. The van der Waals surface area contributed by atoms with Crippen LogP contribution in [0.15, 0.2) is 60.8 Å². The highest BCUT2D eigenvalue weighted by Crippen LogP contribution is 2.29. The Hall–Kier alpha value is -2.35. The third-order valence-electron chi connectivity index (χ3n) is 3.12. The van der Waals surface area contributed by atoms with E-state index in [1.807, 2.05) is 60.8 Å². The molecule has 18 heavy (non-hydrogen) atoms. The number of rotatable bonds is 2. The molecule has 3 rings (SSSR count). The van der Waals surface area contributed by atoms with Crippen LogP contribution in [0.2, 0.25) is 0 Å². The van der Waals surface area contributed by atoms with Gasteiger partial charge in [0.05, 0.1) is 0 Å². The Labute approximate surface area is 106 Å². The Bertz CT molecular complexity index is 614. The summed E-state index contributed by atoms with van der Waals surface area (Å²) in [4.78, 5) is 11.9. The number of benzene rings is 2. The zero-order valence-corrected chi connectivity index (χ0v) is 9.89. The summed E-state index contributed by atoms with van der Waals surface area (Å²) in [6.45, 7) is 0. The summed E-state index contributed by atoms with van der Waals surface area (Å²) in [5, 5.41) is 3.18. The molecule has 2 aromatic carbocycles. The highest BCUT2D eigenvalue weighted by Gasteiger charge is 2.23. The van der Waals surface area contributed by atoms with Gasteiger partial charge in [0, 0.05) is 23.9 Å². The van der Waals surface area contributed by atoms with E-state index >= 15 is 0 Å². The largest absolute Gasteiger partial charge is 0.361 e. The van der Waals surface area contributed by atoms with Crippen LogP contribution in [0.5, 0.6) is 0 Å². The van der Waals surface area contributed by atoms with E-state index in [1.54, 1.807) is 0 Å². The summed E-state index contributed by atoms with van der Waals surface area (Å²) in [6.07, 6.45) is 2.32. The first-order valence-corrected chi connectivity index (χ1v) is 5.98. The number of para-hydroxylation sites is 1. The maximum atomic E-state index is 11.9. The maximum Gasteiger partial charge on any atom is 0.169 e. The lowest BCUT2D eigenvalue weighted by molar-refractivity contribution is -0.112. The number of carbonyl (C=O) groups excluding carboxylic acids is 1. The van der Waals surface area contributed by atoms with Crippen LogP contribution in [0.25, 0.3) is 5.57 Å². The molecular weight excluding hydrogens is 222 g/mol. The van der Waals surface area contributed by atoms with Crippen LogP contribution in [0.3, 0.4) is 0 Å². The van der Waals surface area contributed by atoms with Crippen molar-refractivity contribution in [2.45, 2.75) is 6.42 Å². The van der Waals surface area contributed by atoms with E-state index in [4.69, 9.17) is 0 Å². The van der Waals surface area contributed by atoms with Crippen LogP contribution in [-0.4, -0.2) is 5.78 Å². The first kappa shape index (κ1) is 10.8. The second-order valence-electron chi connectivity index (χ2n) is 4.33. The van der Waals surface area contributed by atoms with E-state index in [-0.39, 0.29) is 5.78 Å². The monoisotopic (exact) mass is 235 g/mol. The van der Waals surface area contributed by atoms with Crippen molar-refractivity contribution in [1.29, 1.82) is 0 Å². The standard InChI is InChI=1S/C16H13NO/c18-16-10-12-6-4-5-9-14(12)15(16)11-17-13-7-2-1-3-8-13/h1-9,11,17H,10H2/b15-11-. The first-order chi connectivity index (χ1) is 8.84. The van der Waals surface area contributed by atoms with Crippen molar-refractivity contribution in [3.8, 4) is 0 Å². The molecule has 0 heterocycles. The number of hydrogen-bond donors (Lipinski definition) is 1. The van der Waals surface area contributed by atoms with Gasteiger partial charge in [-0.15, -0.1) is 0 Å². The summed E-state index contributed by atoms with van der Waals surface area (Å²) >= 11 is 0. The van der Waals surface area contributed by atoms with Crippen LogP contribution >= 0.6 is 0 Å². The lowest BCUT2D eigenvalue weighted by Gasteiger charge is -2.02. The van der Waals surface area contributed by atoms with Gasteiger partial charge in [-0.1, -0.05) is 42.5 Å². The highest BCUT2D eigenvalue weighted by molar-refractivity contribution is 6.25. The topological polar surface area (TPSA) is 29.1 Å². The van der Waals surface area contributed by atoms with Crippen LogP contribution in [0.1, 0.15) is 11.1 Å². The second kappa shape index (κ2) is 4.49. The zero-order valence-electron chi connectivity index (χ0n) is 9.89. The fourth-order valence-electron chi connectivity index (χ4n) is 2.20. The Morgan fingerprint density at radius 3 is 2.50 bits per heavy atom. The predicted octanol–water partition coefficient (Wildman–Crippen LogP) is 3.26. The molecule has 1 aliphatic carbocycles. The Morgan fingerprint density at radius 1 is 0.944 bits per heavy atom.